The minimum atomic E-state index is -0.0376. The quantitative estimate of drug-likeness (QED) is 0.709. The third kappa shape index (κ3) is 6.51. The van der Waals surface area contributed by atoms with Crippen LogP contribution in [-0.4, -0.2) is 49.7 Å². The molecule has 110 valence electrons. The molecule has 6 nitrogen and oxygen atoms in total. The third-order valence-electron chi connectivity index (χ3n) is 3.30. The highest BCUT2D eigenvalue weighted by atomic mass is 16.5. The lowest BCUT2D eigenvalue weighted by Gasteiger charge is -2.24. The summed E-state index contributed by atoms with van der Waals surface area (Å²) in [5.74, 6) is -0.0376. The Bertz CT molecular complexity index is 348. The van der Waals surface area contributed by atoms with Gasteiger partial charge in [-0.2, -0.15) is 10.5 Å². The van der Waals surface area contributed by atoms with Crippen molar-refractivity contribution in [3.8, 4) is 12.1 Å². The van der Waals surface area contributed by atoms with Gasteiger partial charge < -0.3 is 15.0 Å². The molecule has 0 spiro atoms. The Balaban J connectivity index is 2.25. The van der Waals surface area contributed by atoms with Crippen molar-refractivity contribution in [3.63, 3.8) is 0 Å². The number of nitriles is 2. The molecule has 1 saturated heterocycles. The summed E-state index contributed by atoms with van der Waals surface area (Å²) < 4.78 is 5.70. The molecule has 1 heterocycles. The van der Waals surface area contributed by atoms with Gasteiger partial charge >= 0.3 is 0 Å². The van der Waals surface area contributed by atoms with E-state index in [0.717, 1.165) is 25.9 Å². The van der Waals surface area contributed by atoms with Crippen LogP contribution in [0.25, 0.3) is 0 Å². The Hall–Kier alpha value is -1.63. The van der Waals surface area contributed by atoms with Crippen LogP contribution in [0.4, 0.5) is 0 Å². The average Bonchev–Trinajstić information content (AvgIpc) is 2.48. The number of hydrogen-bond acceptors (Lipinski definition) is 5. The second-order valence-corrected chi connectivity index (χ2v) is 4.77. The molecule has 0 aliphatic carbocycles. The predicted octanol–water partition coefficient (Wildman–Crippen LogP) is 0.801. The number of nitrogens with zero attached hydrogens (tertiary/aromatic N) is 3. The maximum Gasteiger partial charge on any atom is 0.224 e. The van der Waals surface area contributed by atoms with Crippen LogP contribution in [-0.2, 0) is 9.53 Å². The molecule has 0 aromatic heterocycles. The van der Waals surface area contributed by atoms with E-state index in [9.17, 15) is 4.79 Å². The van der Waals surface area contributed by atoms with Crippen LogP contribution < -0.4 is 5.32 Å². The molecule has 1 rings (SSSR count). The molecule has 1 N–H and O–H groups in total. The van der Waals surface area contributed by atoms with Crippen molar-refractivity contribution in [2.24, 2.45) is 0 Å². The Labute approximate surface area is 120 Å². The lowest BCUT2D eigenvalue weighted by molar-refractivity contribution is -0.132. The Morgan fingerprint density at radius 1 is 1.20 bits per heavy atom. The first-order valence-corrected chi connectivity index (χ1v) is 7.12. The number of carbonyl (C=O) groups excluding carboxylic acids is 1. The van der Waals surface area contributed by atoms with E-state index in [1.54, 1.807) is 4.90 Å². The van der Waals surface area contributed by atoms with Gasteiger partial charge in [0.15, 0.2) is 0 Å². The number of nitrogens with one attached hydrogen (secondary N) is 1. The normalized spacial score (nSPS) is 15.3. The number of hydrogen-bond donors (Lipinski definition) is 1. The summed E-state index contributed by atoms with van der Waals surface area (Å²) in [6.07, 6.45) is 3.14. The number of piperidine rings is 1. The van der Waals surface area contributed by atoms with Crippen molar-refractivity contribution >= 4 is 5.91 Å². The maximum atomic E-state index is 12.0. The lowest BCUT2D eigenvalue weighted by atomic mass is 10.1. The summed E-state index contributed by atoms with van der Waals surface area (Å²) in [6, 6.07) is 4.04. The van der Waals surface area contributed by atoms with E-state index in [0.29, 0.717) is 39.0 Å². The van der Waals surface area contributed by atoms with Crippen LogP contribution in [0, 0.1) is 22.7 Å². The zero-order valence-electron chi connectivity index (χ0n) is 11.8. The van der Waals surface area contributed by atoms with Crippen molar-refractivity contribution < 1.29 is 9.53 Å². The number of amides is 1. The lowest BCUT2D eigenvalue weighted by Crippen LogP contribution is -2.35. The van der Waals surface area contributed by atoms with E-state index in [1.165, 1.54) is 0 Å². The van der Waals surface area contributed by atoms with Gasteiger partial charge in [-0.05, 0) is 25.9 Å². The zero-order chi connectivity index (χ0) is 14.6. The van der Waals surface area contributed by atoms with Crippen LogP contribution in [0.3, 0.4) is 0 Å². The van der Waals surface area contributed by atoms with Gasteiger partial charge in [0, 0.05) is 13.1 Å². The SMILES string of the molecule is N#CCCN(CCC#N)C(=O)CCOC1CCNCC1. The molecule has 1 aliphatic heterocycles. The molecule has 0 bridgehead atoms. The van der Waals surface area contributed by atoms with Crippen molar-refractivity contribution in [2.75, 3.05) is 32.8 Å². The summed E-state index contributed by atoms with van der Waals surface area (Å²) in [7, 11) is 0. The second kappa shape index (κ2) is 10.2. The first kappa shape index (κ1) is 16.4. The maximum absolute atomic E-state index is 12.0. The van der Waals surface area contributed by atoms with E-state index in [1.807, 2.05) is 12.1 Å². The van der Waals surface area contributed by atoms with E-state index >= 15 is 0 Å². The largest absolute Gasteiger partial charge is 0.378 e. The fraction of sp³-hybridized carbons (Fsp3) is 0.786. The van der Waals surface area contributed by atoms with E-state index in [-0.39, 0.29) is 12.0 Å². The van der Waals surface area contributed by atoms with Crippen molar-refractivity contribution in [1.82, 2.24) is 10.2 Å². The van der Waals surface area contributed by atoms with Gasteiger partial charge in [-0.15, -0.1) is 0 Å². The molecule has 1 fully saturated rings. The highest BCUT2D eigenvalue weighted by Crippen LogP contribution is 2.08. The van der Waals surface area contributed by atoms with E-state index in [4.69, 9.17) is 15.3 Å². The van der Waals surface area contributed by atoms with E-state index in [2.05, 4.69) is 5.32 Å². The van der Waals surface area contributed by atoms with Crippen LogP contribution in [0.5, 0.6) is 0 Å². The van der Waals surface area contributed by atoms with Crippen LogP contribution in [0.15, 0.2) is 0 Å². The molecule has 6 heteroatoms. The van der Waals surface area contributed by atoms with Gasteiger partial charge in [0.05, 0.1) is 44.1 Å². The van der Waals surface area contributed by atoms with Gasteiger partial charge in [0.1, 0.15) is 0 Å². The fourth-order valence-corrected chi connectivity index (χ4v) is 2.16. The highest BCUT2D eigenvalue weighted by Gasteiger charge is 2.16. The van der Waals surface area contributed by atoms with Gasteiger partial charge in [0.2, 0.25) is 5.91 Å². The molecule has 1 amide bonds. The summed E-state index contributed by atoms with van der Waals surface area (Å²) in [5, 5.41) is 20.4. The first-order chi connectivity index (χ1) is 9.77. The minimum Gasteiger partial charge on any atom is -0.378 e. The third-order valence-corrected chi connectivity index (χ3v) is 3.30. The predicted molar refractivity (Wildman–Crippen MR) is 73.5 cm³/mol. The van der Waals surface area contributed by atoms with Crippen LogP contribution in [0.1, 0.15) is 32.1 Å². The molecule has 0 aromatic carbocycles. The summed E-state index contributed by atoms with van der Waals surface area (Å²) in [4.78, 5) is 13.6. The molecule has 0 saturated carbocycles. The monoisotopic (exact) mass is 278 g/mol. The number of ether oxygens (including phenoxy) is 1. The number of carbonyl (C=O) groups is 1. The topological polar surface area (TPSA) is 89.2 Å². The molecular formula is C14H22N4O2. The van der Waals surface area contributed by atoms with Gasteiger partial charge in [-0.25, -0.2) is 0 Å². The van der Waals surface area contributed by atoms with Crippen LogP contribution >= 0.6 is 0 Å². The Morgan fingerprint density at radius 3 is 2.35 bits per heavy atom. The number of rotatable bonds is 8. The Kier molecular flexibility index (Phi) is 8.37. The molecular weight excluding hydrogens is 256 g/mol. The molecule has 0 unspecified atom stereocenters. The highest BCUT2D eigenvalue weighted by molar-refractivity contribution is 5.76. The standard InChI is InChI=1S/C14H22N4O2/c15-6-1-10-18(11-2-7-16)14(19)5-12-20-13-3-8-17-9-4-13/h13,17H,1-5,8-12H2. The summed E-state index contributed by atoms with van der Waals surface area (Å²) in [5.41, 5.74) is 0. The molecule has 0 radical (unpaired) electrons. The van der Waals surface area contributed by atoms with Crippen molar-refractivity contribution in [1.29, 1.82) is 10.5 Å². The fourth-order valence-electron chi connectivity index (χ4n) is 2.16. The van der Waals surface area contributed by atoms with Crippen molar-refractivity contribution in [2.45, 2.75) is 38.2 Å². The van der Waals surface area contributed by atoms with Gasteiger partial charge in [0.25, 0.3) is 0 Å². The smallest absolute Gasteiger partial charge is 0.224 e. The molecule has 1 aliphatic rings. The summed E-state index contributed by atoms with van der Waals surface area (Å²) >= 11 is 0. The molecule has 20 heavy (non-hydrogen) atoms. The first-order valence-electron chi connectivity index (χ1n) is 7.12. The van der Waals surface area contributed by atoms with E-state index < -0.39 is 0 Å². The minimum absolute atomic E-state index is 0.0376. The molecule has 0 atom stereocenters. The van der Waals surface area contributed by atoms with Gasteiger partial charge in [-0.1, -0.05) is 0 Å². The zero-order valence-corrected chi connectivity index (χ0v) is 11.8. The second-order valence-electron chi connectivity index (χ2n) is 4.77. The summed E-state index contributed by atoms with van der Waals surface area (Å²) in [6.45, 7) is 3.14. The van der Waals surface area contributed by atoms with Crippen LogP contribution in [0.2, 0.25) is 0 Å². The Morgan fingerprint density at radius 2 is 1.80 bits per heavy atom. The van der Waals surface area contributed by atoms with Gasteiger partial charge in [-0.3, -0.25) is 4.79 Å². The van der Waals surface area contributed by atoms with Crippen molar-refractivity contribution in [3.05, 3.63) is 0 Å². The average molecular weight is 278 g/mol. The molecule has 0 aromatic rings.